The molecule has 154 valence electrons. The van der Waals surface area contributed by atoms with Crippen molar-refractivity contribution in [3.05, 3.63) is 82.9 Å². The van der Waals surface area contributed by atoms with Crippen molar-refractivity contribution in [2.75, 3.05) is 4.72 Å². The second kappa shape index (κ2) is 8.70. The summed E-state index contributed by atoms with van der Waals surface area (Å²) in [6.07, 6.45) is 0.352. The Labute approximate surface area is 179 Å². The lowest BCUT2D eigenvalue weighted by molar-refractivity contribution is 0.0696. The summed E-state index contributed by atoms with van der Waals surface area (Å²) in [4.78, 5) is 11.2. The molecule has 2 N–H and O–H groups in total. The number of anilines is 1. The highest BCUT2D eigenvalue weighted by atomic mass is 32.2. The number of nitrogens with one attached hydrogen (secondary N) is 1. The molecule has 0 saturated carbocycles. The Morgan fingerprint density at radius 2 is 1.74 bits per heavy atom. The van der Waals surface area contributed by atoms with Crippen LogP contribution in [0.1, 0.15) is 34.0 Å². The molecular weight excluding hydrogens is 414 g/mol. The summed E-state index contributed by atoms with van der Waals surface area (Å²) in [7, 11) is -4.27. The molecule has 7 nitrogen and oxygen atoms in total. The van der Waals surface area contributed by atoms with Crippen LogP contribution in [0.5, 0.6) is 0 Å². The number of sulfonamides is 1. The number of nitrogens with zero attached hydrogens (tertiary/aromatic N) is 2. The molecule has 0 aliphatic rings. The maximum Gasteiger partial charge on any atom is 0.335 e. The van der Waals surface area contributed by atoms with E-state index in [-0.39, 0.29) is 27.3 Å². The third kappa shape index (κ3) is 4.25. The first-order valence-electron chi connectivity index (χ1n) is 9.24. The van der Waals surface area contributed by atoms with Crippen molar-refractivity contribution in [2.45, 2.75) is 18.2 Å². The van der Waals surface area contributed by atoms with E-state index in [1.807, 2.05) is 12.1 Å². The third-order valence-corrected chi connectivity index (χ3v) is 6.18. The highest BCUT2D eigenvalue weighted by Gasteiger charge is 2.24. The van der Waals surface area contributed by atoms with Crippen molar-refractivity contribution in [1.29, 1.82) is 10.5 Å². The number of carboxylic acids is 1. The van der Waals surface area contributed by atoms with Gasteiger partial charge in [0.2, 0.25) is 0 Å². The van der Waals surface area contributed by atoms with Gasteiger partial charge in [0.1, 0.15) is 12.1 Å². The zero-order chi connectivity index (χ0) is 22.6. The van der Waals surface area contributed by atoms with Gasteiger partial charge in [0, 0.05) is 5.56 Å². The van der Waals surface area contributed by atoms with Gasteiger partial charge < -0.3 is 5.11 Å². The van der Waals surface area contributed by atoms with Crippen LogP contribution in [0.4, 0.5) is 5.69 Å². The quantitative estimate of drug-likeness (QED) is 0.602. The molecule has 0 atom stereocenters. The van der Waals surface area contributed by atoms with Gasteiger partial charge in [0.25, 0.3) is 10.0 Å². The smallest absolute Gasteiger partial charge is 0.335 e. The van der Waals surface area contributed by atoms with Crippen LogP contribution < -0.4 is 4.72 Å². The van der Waals surface area contributed by atoms with Crippen molar-refractivity contribution < 1.29 is 18.3 Å². The van der Waals surface area contributed by atoms with E-state index in [2.05, 4.69) is 4.72 Å². The summed E-state index contributed by atoms with van der Waals surface area (Å²) < 4.78 is 29.1. The molecule has 0 aliphatic carbocycles. The Morgan fingerprint density at radius 1 is 1.03 bits per heavy atom. The second-order valence-electron chi connectivity index (χ2n) is 6.59. The molecule has 3 rings (SSSR count). The SMILES string of the molecule is CCc1ccc(C(=O)O)cc1S(=O)(=O)Nc1c(-c2ccccc2)ccc(C#N)c1C#N. The van der Waals surface area contributed by atoms with Crippen LogP contribution in [-0.2, 0) is 16.4 Å². The van der Waals surface area contributed by atoms with Gasteiger partial charge in [0.05, 0.1) is 27.3 Å². The monoisotopic (exact) mass is 431 g/mol. The zero-order valence-corrected chi connectivity index (χ0v) is 17.3. The number of hydrogen-bond acceptors (Lipinski definition) is 5. The van der Waals surface area contributed by atoms with Crippen LogP contribution in [-0.4, -0.2) is 19.5 Å². The predicted octanol–water partition coefficient (Wildman–Crippen LogP) is 4.16. The van der Waals surface area contributed by atoms with Crippen LogP contribution in [0.3, 0.4) is 0 Å². The maximum absolute atomic E-state index is 13.3. The van der Waals surface area contributed by atoms with E-state index in [9.17, 15) is 28.8 Å². The number of carboxylic acid groups (broad SMARTS) is 1. The molecule has 3 aromatic carbocycles. The average molecular weight is 431 g/mol. The summed E-state index contributed by atoms with van der Waals surface area (Å²) in [6, 6.07) is 19.6. The molecule has 0 fully saturated rings. The molecule has 0 spiro atoms. The molecule has 3 aromatic rings. The molecule has 0 heterocycles. The molecule has 0 amide bonds. The van der Waals surface area contributed by atoms with Crippen LogP contribution in [0.25, 0.3) is 11.1 Å². The molecular formula is C23H17N3O4S. The first-order chi connectivity index (χ1) is 14.8. The van der Waals surface area contributed by atoms with E-state index in [1.165, 1.54) is 18.2 Å². The Bertz CT molecular complexity index is 1350. The molecule has 0 saturated heterocycles. The number of benzene rings is 3. The summed E-state index contributed by atoms with van der Waals surface area (Å²) in [5, 5.41) is 28.3. The minimum atomic E-state index is -4.27. The van der Waals surface area contributed by atoms with Crippen molar-refractivity contribution in [3.8, 4) is 23.3 Å². The largest absolute Gasteiger partial charge is 0.478 e. The van der Waals surface area contributed by atoms with Crippen LogP contribution in [0, 0.1) is 22.7 Å². The van der Waals surface area contributed by atoms with E-state index < -0.39 is 16.0 Å². The van der Waals surface area contributed by atoms with Gasteiger partial charge in [-0.2, -0.15) is 10.5 Å². The minimum Gasteiger partial charge on any atom is -0.478 e. The van der Waals surface area contributed by atoms with E-state index in [4.69, 9.17) is 0 Å². The Morgan fingerprint density at radius 3 is 2.32 bits per heavy atom. The Kier molecular flexibility index (Phi) is 6.05. The fraction of sp³-hybridized carbons (Fsp3) is 0.0870. The first-order valence-corrected chi connectivity index (χ1v) is 10.7. The zero-order valence-electron chi connectivity index (χ0n) is 16.5. The molecule has 0 radical (unpaired) electrons. The number of aromatic carboxylic acids is 1. The van der Waals surface area contributed by atoms with E-state index in [1.54, 1.807) is 43.3 Å². The van der Waals surface area contributed by atoms with E-state index in [0.717, 1.165) is 6.07 Å². The van der Waals surface area contributed by atoms with Gasteiger partial charge in [-0.3, -0.25) is 4.72 Å². The third-order valence-electron chi connectivity index (χ3n) is 4.74. The summed E-state index contributed by atoms with van der Waals surface area (Å²) in [6.45, 7) is 1.75. The minimum absolute atomic E-state index is 0.0230. The van der Waals surface area contributed by atoms with Gasteiger partial charge in [-0.25, -0.2) is 13.2 Å². The molecule has 31 heavy (non-hydrogen) atoms. The van der Waals surface area contributed by atoms with Gasteiger partial charge in [-0.1, -0.05) is 49.4 Å². The fourth-order valence-corrected chi connectivity index (χ4v) is 4.63. The lowest BCUT2D eigenvalue weighted by Gasteiger charge is -2.17. The lowest BCUT2D eigenvalue weighted by atomic mass is 9.97. The normalized spacial score (nSPS) is 10.7. The van der Waals surface area contributed by atoms with Crippen molar-refractivity contribution >= 4 is 21.7 Å². The predicted molar refractivity (Wildman–Crippen MR) is 115 cm³/mol. The molecule has 8 heteroatoms. The number of hydrogen-bond donors (Lipinski definition) is 2. The van der Waals surface area contributed by atoms with Gasteiger partial charge >= 0.3 is 5.97 Å². The Hall–Kier alpha value is -4.14. The molecule has 0 aliphatic heterocycles. The Balaban J connectivity index is 2.25. The average Bonchev–Trinajstić information content (AvgIpc) is 2.78. The summed E-state index contributed by atoms with van der Waals surface area (Å²) in [5.41, 5.74) is 1.20. The van der Waals surface area contributed by atoms with Gasteiger partial charge in [0.15, 0.2) is 0 Å². The number of carbonyl (C=O) groups is 1. The van der Waals surface area contributed by atoms with Gasteiger partial charge in [-0.15, -0.1) is 0 Å². The molecule has 0 aromatic heterocycles. The number of aryl methyl sites for hydroxylation is 1. The highest BCUT2D eigenvalue weighted by molar-refractivity contribution is 7.92. The first kappa shape index (κ1) is 21.6. The number of nitriles is 2. The number of rotatable bonds is 6. The van der Waals surface area contributed by atoms with E-state index in [0.29, 0.717) is 23.1 Å². The molecule has 0 unspecified atom stereocenters. The summed E-state index contributed by atoms with van der Waals surface area (Å²) in [5.74, 6) is -1.26. The van der Waals surface area contributed by atoms with Gasteiger partial charge in [-0.05, 0) is 35.7 Å². The maximum atomic E-state index is 13.3. The van der Waals surface area contributed by atoms with Crippen molar-refractivity contribution in [1.82, 2.24) is 0 Å². The van der Waals surface area contributed by atoms with Crippen LogP contribution in [0.15, 0.2) is 65.6 Å². The topological polar surface area (TPSA) is 131 Å². The lowest BCUT2D eigenvalue weighted by Crippen LogP contribution is -2.17. The fourth-order valence-electron chi connectivity index (χ4n) is 3.20. The second-order valence-corrected chi connectivity index (χ2v) is 8.24. The van der Waals surface area contributed by atoms with Crippen molar-refractivity contribution in [2.24, 2.45) is 0 Å². The van der Waals surface area contributed by atoms with E-state index >= 15 is 0 Å². The van der Waals surface area contributed by atoms with Crippen LogP contribution in [0.2, 0.25) is 0 Å². The standard InChI is InChI=1S/C23H17N3O4S/c1-2-15-8-9-17(23(27)28)12-21(15)31(29,30)26-22-19(16-6-4-3-5-7-16)11-10-18(13-24)20(22)14-25/h3-12,26H,2H2,1H3,(H,27,28). The summed E-state index contributed by atoms with van der Waals surface area (Å²) >= 11 is 0. The van der Waals surface area contributed by atoms with Crippen LogP contribution >= 0.6 is 0 Å². The highest BCUT2D eigenvalue weighted by Crippen LogP contribution is 2.35. The van der Waals surface area contributed by atoms with Crippen molar-refractivity contribution in [3.63, 3.8) is 0 Å². The molecule has 0 bridgehead atoms.